The van der Waals surface area contributed by atoms with Crippen LogP contribution in [0.25, 0.3) is 0 Å². The number of carbonyl (C=O) groups is 1. The standard InChI is InChI=1S/C10H16O4S.Bi.2H2O/c1-9(2)7-3-4-10(9,8(11)5-7)6-15(12,13)14;;;/h7H,3-6H2,1-2H3,(H,12,13,14);;2*1H2/q;+1;;/p-1/t7?,10-;;;/m1.../s1. The van der Waals surface area contributed by atoms with Crippen molar-refractivity contribution in [2.24, 2.45) is 16.7 Å². The summed E-state index contributed by atoms with van der Waals surface area (Å²) in [5, 5.41) is 0. The fourth-order valence-electron chi connectivity index (χ4n) is 3.44. The first-order valence-electron chi connectivity index (χ1n) is 5.34. The third-order valence-corrected chi connectivity index (χ3v) is 8.40. The minimum atomic E-state index is -3.52. The number of hydrogen-bond donors (Lipinski definition) is 0. The molecule has 6 nitrogen and oxygen atoms in total. The van der Waals surface area contributed by atoms with Gasteiger partial charge in [0.2, 0.25) is 0 Å². The van der Waals surface area contributed by atoms with Crippen LogP contribution in [0.15, 0.2) is 0 Å². The smallest absolute Gasteiger partial charge is 0.412 e. The molecule has 8 heteroatoms. The van der Waals surface area contributed by atoms with Gasteiger partial charge in [0, 0.05) is 0 Å². The van der Waals surface area contributed by atoms with Crippen molar-refractivity contribution in [3.05, 3.63) is 0 Å². The molecule has 1 unspecified atom stereocenters. The van der Waals surface area contributed by atoms with Gasteiger partial charge >= 0.3 is 112 Å². The van der Waals surface area contributed by atoms with Gasteiger partial charge in [0.05, 0.1) is 0 Å². The van der Waals surface area contributed by atoms with E-state index in [1.165, 1.54) is 0 Å². The molecule has 0 heterocycles. The van der Waals surface area contributed by atoms with Crippen LogP contribution in [0.5, 0.6) is 0 Å². The average molecular weight is 476 g/mol. The molecule has 2 bridgehead atoms. The normalized spacial score (nSPS) is 32.8. The average Bonchev–Trinajstić information content (AvgIpc) is 2.51. The molecule has 2 fully saturated rings. The first-order valence-corrected chi connectivity index (χ1v) is 8.34. The molecular weight excluding hydrogens is 457 g/mol. The second kappa shape index (κ2) is 5.40. The largest absolute Gasteiger partial charge is 0.412 e. The predicted molar refractivity (Wildman–Crippen MR) is 66.4 cm³/mol. The Morgan fingerprint density at radius 3 is 2.28 bits per heavy atom. The van der Waals surface area contributed by atoms with Gasteiger partial charge in [0.15, 0.2) is 0 Å². The first kappa shape index (κ1) is 18.4. The molecule has 0 aliphatic heterocycles. The number of Topliss-reactive ketones (excluding diaryl/α,β-unsaturated/α-hetero) is 1. The maximum absolute atomic E-state index is 12.1. The van der Waals surface area contributed by atoms with Gasteiger partial charge in [-0.2, -0.15) is 0 Å². The molecule has 0 aromatic carbocycles. The zero-order chi connectivity index (χ0) is 12.2. The predicted octanol–water partition coefficient (Wildman–Crippen LogP) is -0.838. The first-order chi connectivity index (χ1) is 7.25. The molecule has 2 radical (unpaired) electrons. The molecule has 18 heavy (non-hydrogen) atoms. The Bertz CT molecular complexity index is 432. The topological polar surface area (TPSA) is 123 Å². The fraction of sp³-hybridized carbons (Fsp3) is 0.900. The summed E-state index contributed by atoms with van der Waals surface area (Å²) in [4.78, 5) is 12.1. The summed E-state index contributed by atoms with van der Waals surface area (Å²) in [6.07, 6.45) is 2.21. The van der Waals surface area contributed by atoms with Crippen LogP contribution >= 0.6 is 0 Å². The van der Waals surface area contributed by atoms with Crippen molar-refractivity contribution in [3.63, 3.8) is 0 Å². The molecular formula is C10H19BiO6S. The summed E-state index contributed by atoms with van der Waals surface area (Å²) in [6.45, 7) is 4.05. The maximum Gasteiger partial charge on any atom is -0.412 e. The Balaban J connectivity index is 0.00000144. The van der Waals surface area contributed by atoms with Crippen LogP contribution in [-0.2, 0) is 17.2 Å². The Labute approximate surface area is 123 Å². The summed E-state index contributed by atoms with van der Waals surface area (Å²) in [6, 6.07) is 0. The number of hydrogen-bond acceptors (Lipinski definition) is 4. The minimum absolute atomic E-state index is 0. The monoisotopic (exact) mass is 476 g/mol. The van der Waals surface area contributed by atoms with E-state index in [0.29, 0.717) is 43.9 Å². The van der Waals surface area contributed by atoms with Crippen molar-refractivity contribution in [1.29, 1.82) is 0 Å². The van der Waals surface area contributed by atoms with E-state index in [2.05, 4.69) is 2.26 Å². The quantitative estimate of drug-likeness (QED) is 0.493. The van der Waals surface area contributed by atoms with Gasteiger partial charge in [-0.15, -0.1) is 0 Å². The van der Waals surface area contributed by atoms with E-state index in [9.17, 15) is 13.2 Å². The Morgan fingerprint density at radius 1 is 1.39 bits per heavy atom. The van der Waals surface area contributed by atoms with Crippen LogP contribution in [0.2, 0.25) is 0 Å². The van der Waals surface area contributed by atoms with Crippen LogP contribution in [0.4, 0.5) is 0 Å². The minimum Gasteiger partial charge on any atom is -0.412 e. The molecule has 2 aliphatic rings. The van der Waals surface area contributed by atoms with Crippen molar-refractivity contribution in [2.45, 2.75) is 33.1 Å². The molecule has 0 amide bonds. The Kier molecular flexibility index (Phi) is 5.52. The maximum atomic E-state index is 12.1. The van der Waals surface area contributed by atoms with Gasteiger partial charge in [0.1, 0.15) is 0 Å². The second-order valence-electron chi connectivity index (χ2n) is 5.44. The van der Waals surface area contributed by atoms with Gasteiger partial charge in [-0.1, -0.05) is 0 Å². The third kappa shape index (κ3) is 2.38. The summed E-state index contributed by atoms with van der Waals surface area (Å²) in [5.41, 5.74) is -0.884. The molecule has 2 aliphatic carbocycles. The van der Waals surface area contributed by atoms with Crippen molar-refractivity contribution in [2.75, 3.05) is 5.75 Å². The number of ketones is 1. The van der Waals surface area contributed by atoms with Crippen LogP contribution in [-0.4, -0.2) is 56.1 Å². The molecule has 2 saturated carbocycles. The number of rotatable bonds is 3. The van der Waals surface area contributed by atoms with Crippen LogP contribution in [0.1, 0.15) is 33.1 Å². The third-order valence-electron chi connectivity index (χ3n) is 4.68. The SMILES string of the molecule is CC1(C)C2CC[C@@]1(CS(=O)(=O)[O][Bi])C(=O)C2.O.O. The van der Waals surface area contributed by atoms with Crippen molar-refractivity contribution >= 4 is 41.1 Å². The van der Waals surface area contributed by atoms with Gasteiger partial charge in [-0.05, 0) is 0 Å². The van der Waals surface area contributed by atoms with E-state index in [1.54, 1.807) is 0 Å². The van der Waals surface area contributed by atoms with Crippen LogP contribution in [0.3, 0.4) is 0 Å². The van der Waals surface area contributed by atoms with E-state index in [0.717, 1.165) is 6.42 Å². The summed E-state index contributed by atoms with van der Waals surface area (Å²) < 4.78 is 27.9. The molecule has 2 atom stereocenters. The molecule has 0 aromatic rings. The summed E-state index contributed by atoms with van der Waals surface area (Å²) >= 11 is 0.360. The van der Waals surface area contributed by atoms with E-state index in [1.807, 2.05) is 13.8 Å². The van der Waals surface area contributed by atoms with Crippen LogP contribution in [0, 0.1) is 16.7 Å². The van der Waals surface area contributed by atoms with E-state index >= 15 is 0 Å². The zero-order valence-corrected chi connectivity index (χ0v) is 14.7. The second-order valence-corrected chi connectivity index (χ2v) is 8.73. The van der Waals surface area contributed by atoms with E-state index in [4.69, 9.17) is 0 Å². The summed E-state index contributed by atoms with van der Waals surface area (Å²) in [5.74, 6) is 0.341. The van der Waals surface area contributed by atoms with Crippen LogP contribution < -0.4 is 0 Å². The Hall–Kier alpha value is 0.383. The molecule has 4 N–H and O–H groups in total. The van der Waals surface area contributed by atoms with E-state index in [-0.39, 0.29) is 27.9 Å². The van der Waals surface area contributed by atoms with Crippen molar-refractivity contribution in [3.8, 4) is 0 Å². The fourth-order valence-corrected chi connectivity index (χ4v) is 5.38. The van der Waals surface area contributed by atoms with Gasteiger partial charge in [-0.3, -0.25) is 0 Å². The van der Waals surface area contributed by atoms with Crippen molar-refractivity contribution < 1.29 is 26.4 Å². The van der Waals surface area contributed by atoms with Gasteiger partial charge in [0.25, 0.3) is 0 Å². The molecule has 106 valence electrons. The number of carbonyl (C=O) groups excluding carboxylic acids is 1. The molecule has 0 aromatic heterocycles. The van der Waals surface area contributed by atoms with Gasteiger partial charge in [-0.25, -0.2) is 0 Å². The molecule has 0 saturated heterocycles. The Morgan fingerprint density at radius 2 is 1.94 bits per heavy atom. The molecule has 0 spiro atoms. The molecule has 2 rings (SSSR count). The summed E-state index contributed by atoms with van der Waals surface area (Å²) in [7, 11) is -3.52. The zero-order valence-electron chi connectivity index (χ0n) is 10.4. The number of fused-ring (bicyclic) bond motifs is 2. The van der Waals surface area contributed by atoms with Gasteiger partial charge < -0.3 is 11.0 Å². The van der Waals surface area contributed by atoms with E-state index < -0.39 is 15.5 Å². The van der Waals surface area contributed by atoms with Crippen molar-refractivity contribution in [1.82, 2.24) is 0 Å².